The summed E-state index contributed by atoms with van der Waals surface area (Å²) < 4.78 is 10.5. The number of carbonyl (C=O) groups is 2. The second kappa shape index (κ2) is 10.1. The molecule has 0 unspecified atom stereocenters. The summed E-state index contributed by atoms with van der Waals surface area (Å²) in [7, 11) is 3.17. The summed E-state index contributed by atoms with van der Waals surface area (Å²) in [6.07, 6.45) is 0.882. The molecule has 0 aromatic heterocycles. The maximum atomic E-state index is 12.4. The van der Waals surface area contributed by atoms with Gasteiger partial charge in [0.05, 0.1) is 14.2 Å². The SMILES string of the molecule is COc1ccc(CCC(=O)Nc2cccc(NC(=O)c3ccccc3)c2)cc1OC. The van der Waals surface area contributed by atoms with Crippen molar-refractivity contribution < 1.29 is 19.1 Å². The molecule has 6 heteroatoms. The van der Waals surface area contributed by atoms with Crippen LogP contribution in [0.1, 0.15) is 22.3 Å². The van der Waals surface area contributed by atoms with Crippen LogP contribution in [0.5, 0.6) is 11.5 Å². The molecule has 0 radical (unpaired) electrons. The molecule has 3 rings (SSSR count). The van der Waals surface area contributed by atoms with Gasteiger partial charge in [0.25, 0.3) is 5.91 Å². The monoisotopic (exact) mass is 404 g/mol. The zero-order valence-corrected chi connectivity index (χ0v) is 17.0. The molecule has 0 aliphatic heterocycles. The molecule has 3 aromatic carbocycles. The minimum atomic E-state index is -0.201. The predicted octanol–water partition coefficient (Wildman–Crippen LogP) is 4.53. The molecule has 154 valence electrons. The fraction of sp³-hybridized carbons (Fsp3) is 0.167. The van der Waals surface area contributed by atoms with Crippen LogP contribution in [-0.4, -0.2) is 26.0 Å². The minimum absolute atomic E-state index is 0.115. The lowest BCUT2D eigenvalue weighted by atomic mass is 10.1. The molecule has 0 atom stereocenters. The van der Waals surface area contributed by atoms with Crippen molar-refractivity contribution in [2.45, 2.75) is 12.8 Å². The van der Waals surface area contributed by atoms with Crippen molar-refractivity contribution in [3.05, 3.63) is 83.9 Å². The second-order valence-electron chi connectivity index (χ2n) is 6.64. The van der Waals surface area contributed by atoms with Crippen molar-refractivity contribution in [3.8, 4) is 11.5 Å². The first-order valence-electron chi connectivity index (χ1n) is 9.56. The number of amides is 2. The number of rotatable bonds is 8. The van der Waals surface area contributed by atoms with E-state index in [0.717, 1.165) is 5.56 Å². The maximum Gasteiger partial charge on any atom is 0.255 e. The molecule has 0 saturated carbocycles. The lowest BCUT2D eigenvalue weighted by Gasteiger charge is -2.10. The van der Waals surface area contributed by atoms with Gasteiger partial charge >= 0.3 is 0 Å². The van der Waals surface area contributed by atoms with E-state index in [-0.39, 0.29) is 11.8 Å². The minimum Gasteiger partial charge on any atom is -0.493 e. The highest BCUT2D eigenvalue weighted by Crippen LogP contribution is 2.28. The molecule has 2 amide bonds. The zero-order chi connectivity index (χ0) is 21.3. The van der Waals surface area contributed by atoms with Gasteiger partial charge in [-0.05, 0) is 54.4 Å². The van der Waals surface area contributed by atoms with Crippen molar-refractivity contribution >= 4 is 23.2 Å². The number of anilines is 2. The fourth-order valence-electron chi connectivity index (χ4n) is 2.98. The highest BCUT2D eigenvalue weighted by molar-refractivity contribution is 6.04. The standard InChI is InChI=1S/C24H24N2O4/c1-29-21-13-11-17(15-22(21)30-2)12-14-23(27)25-19-9-6-10-20(16-19)26-24(28)18-7-4-3-5-8-18/h3-11,13,15-16H,12,14H2,1-2H3,(H,25,27)(H,26,28). The number of hydrogen-bond acceptors (Lipinski definition) is 4. The highest BCUT2D eigenvalue weighted by Gasteiger charge is 2.09. The first kappa shape index (κ1) is 20.9. The largest absolute Gasteiger partial charge is 0.493 e. The molecule has 0 saturated heterocycles. The van der Waals surface area contributed by atoms with E-state index in [1.807, 2.05) is 36.4 Å². The summed E-state index contributed by atoms with van der Waals surface area (Å²) in [4.78, 5) is 24.7. The second-order valence-corrected chi connectivity index (χ2v) is 6.64. The Morgan fingerprint density at radius 2 is 1.47 bits per heavy atom. The fourth-order valence-corrected chi connectivity index (χ4v) is 2.98. The average molecular weight is 404 g/mol. The first-order valence-corrected chi connectivity index (χ1v) is 9.56. The quantitative estimate of drug-likeness (QED) is 0.578. The molecular formula is C24H24N2O4. The third-order valence-corrected chi connectivity index (χ3v) is 4.53. The first-order chi connectivity index (χ1) is 14.6. The van der Waals surface area contributed by atoms with Gasteiger partial charge in [0.15, 0.2) is 11.5 Å². The Kier molecular flexibility index (Phi) is 7.05. The lowest BCUT2D eigenvalue weighted by molar-refractivity contribution is -0.116. The molecule has 0 aliphatic carbocycles. The molecule has 0 heterocycles. The Labute approximate surface area is 175 Å². The number of carbonyl (C=O) groups excluding carboxylic acids is 2. The van der Waals surface area contributed by atoms with Crippen LogP contribution in [0.3, 0.4) is 0 Å². The van der Waals surface area contributed by atoms with Crippen LogP contribution in [0.25, 0.3) is 0 Å². The van der Waals surface area contributed by atoms with E-state index in [2.05, 4.69) is 10.6 Å². The summed E-state index contributed by atoms with van der Waals surface area (Å²) in [5, 5.41) is 5.71. The van der Waals surface area contributed by atoms with Crippen LogP contribution in [0.2, 0.25) is 0 Å². The normalized spacial score (nSPS) is 10.2. The van der Waals surface area contributed by atoms with Crippen molar-refractivity contribution in [2.24, 2.45) is 0 Å². The number of benzene rings is 3. The summed E-state index contributed by atoms with van der Waals surface area (Å²) >= 11 is 0. The van der Waals surface area contributed by atoms with Crippen LogP contribution in [0, 0.1) is 0 Å². The van der Waals surface area contributed by atoms with Gasteiger partial charge in [0, 0.05) is 23.4 Å². The number of nitrogens with one attached hydrogen (secondary N) is 2. The van der Waals surface area contributed by atoms with Gasteiger partial charge in [-0.1, -0.05) is 30.3 Å². The topological polar surface area (TPSA) is 76.7 Å². The van der Waals surface area contributed by atoms with E-state index >= 15 is 0 Å². The van der Waals surface area contributed by atoms with E-state index in [4.69, 9.17) is 9.47 Å². The summed E-state index contributed by atoms with van der Waals surface area (Å²) in [5.74, 6) is 0.973. The van der Waals surface area contributed by atoms with E-state index in [1.165, 1.54) is 0 Å². The van der Waals surface area contributed by atoms with E-state index in [1.54, 1.807) is 50.6 Å². The van der Waals surface area contributed by atoms with Crippen molar-refractivity contribution in [1.29, 1.82) is 0 Å². The Balaban J connectivity index is 1.57. The Morgan fingerprint density at radius 1 is 0.767 bits per heavy atom. The Morgan fingerprint density at radius 3 is 2.17 bits per heavy atom. The van der Waals surface area contributed by atoms with Gasteiger partial charge in [-0.25, -0.2) is 0 Å². The molecule has 0 aliphatic rings. The number of aryl methyl sites for hydroxylation is 1. The van der Waals surface area contributed by atoms with Gasteiger partial charge in [-0.2, -0.15) is 0 Å². The molecule has 6 nitrogen and oxygen atoms in total. The van der Waals surface area contributed by atoms with Gasteiger partial charge < -0.3 is 20.1 Å². The van der Waals surface area contributed by atoms with Crippen molar-refractivity contribution in [1.82, 2.24) is 0 Å². The van der Waals surface area contributed by atoms with E-state index in [0.29, 0.717) is 41.3 Å². The molecule has 0 bridgehead atoms. The third kappa shape index (κ3) is 5.61. The van der Waals surface area contributed by atoms with Gasteiger partial charge in [-0.3, -0.25) is 9.59 Å². The van der Waals surface area contributed by atoms with Crippen LogP contribution < -0.4 is 20.1 Å². The predicted molar refractivity (Wildman–Crippen MR) is 117 cm³/mol. The maximum absolute atomic E-state index is 12.4. The summed E-state index contributed by atoms with van der Waals surface area (Å²) in [6.45, 7) is 0. The number of hydrogen-bond donors (Lipinski definition) is 2. The molecule has 0 fully saturated rings. The smallest absolute Gasteiger partial charge is 0.255 e. The van der Waals surface area contributed by atoms with E-state index < -0.39 is 0 Å². The molecule has 2 N–H and O–H groups in total. The van der Waals surface area contributed by atoms with Crippen molar-refractivity contribution in [3.63, 3.8) is 0 Å². The number of ether oxygens (including phenoxy) is 2. The molecular weight excluding hydrogens is 380 g/mol. The lowest BCUT2D eigenvalue weighted by Crippen LogP contribution is -2.14. The van der Waals surface area contributed by atoms with E-state index in [9.17, 15) is 9.59 Å². The average Bonchev–Trinajstić information content (AvgIpc) is 2.78. The van der Waals surface area contributed by atoms with Gasteiger partial charge in [-0.15, -0.1) is 0 Å². The highest BCUT2D eigenvalue weighted by atomic mass is 16.5. The zero-order valence-electron chi connectivity index (χ0n) is 17.0. The van der Waals surface area contributed by atoms with Gasteiger partial charge in [0.1, 0.15) is 0 Å². The number of methoxy groups -OCH3 is 2. The van der Waals surface area contributed by atoms with Crippen LogP contribution in [0.4, 0.5) is 11.4 Å². The third-order valence-electron chi connectivity index (χ3n) is 4.53. The van der Waals surface area contributed by atoms with Crippen LogP contribution in [0.15, 0.2) is 72.8 Å². The van der Waals surface area contributed by atoms with Crippen LogP contribution >= 0.6 is 0 Å². The Hall–Kier alpha value is -3.80. The molecule has 0 spiro atoms. The summed E-state index contributed by atoms with van der Waals surface area (Å²) in [5.41, 5.74) is 2.79. The van der Waals surface area contributed by atoms with Gasteiger partial charge in [0.2, 0.25) is 5.91 Å². The molecule has 3 aromatic rings. The summed E-state index contributed by atoms with van der Waals surface area (Å²) in [6, 6.07) is 21.6. The van der Waals surface area contributed by atoms with Crippen LogP contribution in [-0.2, 0) is 11.2 Å². The Bertz CT molecular complexity index is 1020. The van der Waals surface area contributed by atoms with Crippen molar-refractivity contribution in [2.75, 3.05) is 24.9 Å². The molecule has 30 heavy (non-hydrogen) atoms.